The zero-order valence-electron chi connectivity index (χ0n) is 11.3. The van der Waals surface area contributed by atoms with Crippen LogP contribution in [0.4, 0.5) is 0 Å². The fourth-order valence-corrected chi connectivity index (χ4v) is 2.64. The number of fused-ring (bicyclic) bond motifs is 1. The predicted octanol–water partition coefficient (Wildman–Crippen LogP) is 2.25. The molecule has 0 aliphatic heterocycles. The number of nitrogens with zero attached hydrogens (tertiary/aromatic N) is 2. The summed E-state index contributed by atoms with van der Waals surface area (Å²) in [6.45, 7) is 2.47. The molecule has 3 aromatic rings. The van der Waals surface area contributed by atoms with E-state index in [4.69, 9.17) is 0 Å². The molecule has 0 radical (unpaired) electrons. The summed E-state index contributed by atoms with van der Waals surface area (Å²) in [4.78, 5) is 33.6. The summed E-state index contributed by atoms with van der Waals surface area (Å²) in [6.07, 6.45) is 0.778. The van der Waals surface area contributed by atoms with Crippen LogP contribution in [0.15, 0.2) is 38.3 Å². The molecule has 108 valence electrons. The van der Waals surface area contributed by atoms with E-state index in [1.807, 2.05) is 31.2 Å². The lowest BCUT2D eigenvalue weighted by Crippen LogP contribution is -2.30. The van der Waals surface area contributed by atoms with Gasteiger partial charge in [0.2, 0.25) is 0 Å². The van der Waals surface area contributed by atoms with Crippen LogP contribution in [0.5, 0.6) is 0 Å². The quantitative estimate of drug-likeness (QED) is 0.761. The third-order valence-corrected chi connectivity index (χ3v) is 3.67. The molecule has 3 rings (SSSR count). The van der Waals surface area contributed by atoms with Crippen molar-refractivity contribution in [1.82, 2.24) is 19.5 Å². The van der Waals surface area contributed by atoms with Gasteiger partial charge in [0, 0.05) is 16.6 Å². The molecule has 1 aromatic carbocycles. The Balaban J connectivity index is 2.29. The van der Waals surface area contributed by atoms with E-state index in [-0.39, 0.29) is 0 Å². The van der Waals surface area contributed by atoms with Gasteiger partial charge in [0.1, 0.15) is 11.3 Å². The lowest BCUT2D eigenvalue weighted by molar-refractivity contribution is 0.653. The maximum atomic E-state index is 11.9. The monoisotopic (exact) mass is 348 g/mol. The molecular formula is C14H13BrN4O2. The highest BCUT2D eigenvalue weighted by atomic mass is 79.9. The van der Waals surface area contributed by atoms with Gasteiger partial charge in [-0.2, -0.15) is 0 Å². The van der Waals surface area contributed by atoms with Crippen molar-refractivity contribution < 1.29 is 0 Å². The molecule has 2 heterocycles. The maximum absolute atomic E-state index is 11.9. The molecule has 0 bridgehead atoms. The predicted molar refractivity (Wildman–Crippen MR) is 84.4 cm³/mol. The summed E-state index contributed by atoms with van der Waals surface area (Å²) in [5, 5.41) is 0. The van der Waals surface area contributed by atoms with Crippen LogP contribution in [-0.2, 0) is 6.54 Å². The number of nitrogens with one attached hydrogen (secondary N) is 2. The summed E-state index contributed by atoms with van der Waals surface area (Å²) in [6, 6.07) is 7.58. The molecule has 2 aromatic heterocycles. The standard InChI is InChI=1S/C14H13BrN4O2/c1-2-6-19-12-10(13(20)18-14(19)21)16-11(17-12)8-4-3-5-9(15)7-8/h3-5,7H,2,6H2,1H3,(H,16,17)(H,18,20,21). The molecule has 0 aliphatic rings. The Morgan fingerprint density at radius 1 is 1.29 bits per heavy atom. The average Bonchev–Trinajstić information content (AvgIpc) is 2.89. The minimum Gasteiger partial charge on any atom is -0.332 e. The van der Waals surface area contributed by atoms with Crippen molar-refractivity contribution in [3.05, 3.63) is 49.6 Å². The fraction of sp³-hybridized carbons (Fsp3) is 0.214. The van der Waals surface area contributed by atoms with Crippen molar-refractivity contribution in [3.63, 3.8) is 0 Å². The van der Waals surface area contributed by atoms with Crippen molar-refractivity contribution in [2.24, 2.45) is 0 Å². The maximum Gasteiger partial charge on any atom is 0.330 e. The van der Waals surface area contributed by atoms with E-state index in [2.05, 4.69) is 30.9 Å². The van der Waals surface area contributed by atoms with E-state index in [0.29, 0.717) is 23.5 Å². The molecule has 0 amide bonds. The first-order chi connectivity index (χ1) is 10.1. The number of hydrogen-bond donors (Lipinski definition) is 2. The van der Waals surface area contributed by atoms with Gasteiger partial charge in [-0.3, -0.25) is 14.3 Å². The largest absolute Gasteiger partial charge is 0.332 e. The number of hydrogen-bond acceptors (Lipinski definition) is 3. The summed E-state index contributed by atoms with van der Waals surface area (Å²) in [5.41, 5.74) is 0.673. The van der Waals surface area contributed by atoms with Gasteiger partial charge in [0.25, 0.3) is 5.56 Å². The zero-order valence-corrected chi connectivity index (χ0v) is 12.9. The summed E-state index contributed by atoms with van der Waals surface area (Å²) >= 11 is 3.40. The van der Waals surface area contributed by atoms with Crippen LogP contribution < -0.4 is 11.2 Å². The van der Waals surface area contributed by atoms with Gasteiger partial charge in [-0.05, 0) is 18.6 Å². The smallest absolute Gasteiger partial charge is 0.330 e. The molecule has 0 spiro atoms. The SMILES string of the molecule is CCCn1c(=O)[nH]c(=O)c2[nH]c(-c3cccc(Br)c3)nc21. The Morgan fingerprint density at radius 2 is 2.10 bits per heavy atom. The lowest BCUT2D eigenvalue weighted by atomic mass is 10.2. The number of benzene rings is 1. The highest BCUT2D eigenvalue weighted by Crippen LogP contribution is 2.21. The van der Waals surface area contributed by atoms with Crippen molar-refractivity contribution in [3.8, 4) is 11.4 Å². The summed E-state index contributed by atoms with van der Waals surface area (Å²) in [7, 11) is 0. The number of halogens is 1. The molecule has 0 atom stereocenters. The van der Waals surface area contributed by atoms with E-state index in [0.717, 1.165) is 16.5 Å². The van der Waals surface area contributed by atoms with E-state index in [1.165, 1.54) is 4.57 Å². The third kappa shape index (κ3) is 2.44. The number of aromatic nitrogens is 4. The van der Waals surface area contributed by atoms with Gasteiger partial charge >= 0.3 is 5.69 Å². The zero-order chi connectivity index (χ0) is 15.0. The van der Waals surface area contributed by atoms with Crippen LogP contribution in [0, 0.1) is 0 Å². The highest BCUT2D eigenvalue weighted by molar-refractivity contribution is 9.10. The molecule has 0 unspecified atom stereocenters. The molecule has 0 aliphatic carbocycles. The molecule has 7 heteroatoms. The second-order valence-electron chi connectivity index (χ2n) is 4.71. The van der Waals surface area contributed by atoms with Crippen molar-refractivity contribution in [2.45, 2.75) is 19.9 Å². The molecule has 0 fully saturated rings. The molecule has 2 N–H and O–H groups in total. The number of imidazole rings is 1. The molecule has 0 saturated carbocycles. The van der Waals surface area contributed by atoms with Crippen LogP contribution in [0.1, 0.15) is 13.3 Å². The number of aromatic amines is 2. The highest BCUT2D eigenvalue weighted by Gasteiger charge is 2.13. The van der Waals surface area contributed by atoms with E-state index < -0.39 is 11.2 Å². The van der Waals surface area contributed by atoms with Gasteiger partial charge in [-0.1, -0.05) is 35.0 Å². The topological polar surface area (TPSA) is 83.5 Å². The normalized spacial score (nSPS) is 11.1. The van der Waals surface area contributed by atoms with Gasteiger partial charge in [0.15, 0.2) is 5.65 Å². The summed E-state index contributed by atoms with van der Waals surface area (Å²) < 4.78 is 2.40. The lowest BCUT2D eigenvalue weighted by Gasteiger charge is -2.02. The first-order valence-electron chi connectivity index (χ1n) is 6.59. The van der Waals surface area contributed by atoms with Gasteiger partial charge in [-0.25, -0.2) is 9.78 Å². The third-order valence-electron chi connectivity index (χ3n) is 3.18. The van der Waals surface area contributed by atoms with E-state index in [1.54, 1.807) is 0 Å². The van der Waals surface area contributed by atoms with Crippen LogP contribution in [0.3, 0.4) is 0 Å². The van der Waals surface area contributed by atoms with Crippen LogP contribution >= 0.6 is 15.9 Å². The average molecular weight is 349 g/mol. The first kappa shape index (κ1) is 13.8. The molecule has 21 heavy (non-hydrogen) atoms. The molecule has 0 saturated heterocycles. The van der Waals surface area contributed by atoms with Gasteiger partial charge in [-0.15, -0.1) is 0 Å². The molecular weight excluding hydrogens is 336 g/mol. The number of H-pyrrole nitrogens is 2. The Morgan fingerprint density at radius 3 is 2.81 bits per heavy atom. The molecule has 6 nitrogen and oxygen atoms in total. The van der Waals surface area contributed by atoms with Crippen molar-refractivity contribution in [1.29, 1.82) is 0 Å². The van der Waals surface area contributed by atoms with Crippen LogP contribution in [0.2, 0.25) is 0 Å². The van der Waals surface area contributed by atoms with Crippen molar-refractivity contribution >= 4 is 27.1 Å². The number of rotatable bonds is 3. The Kier molecular flexibility index (Phi) is 3.50. The van der Waals surface area contributed by atoms with E-state index >= 15 is 0 Å². The van der Waals surface area contributed by atoms with E-state index in [9.17, 15) is 9.59 Å². The van der Waals surface area contributed by atoms with Gasteiger partial charge < -0.3 is 4.98 Å². The van der Waals surface area contributed by atoms with Crippen LogP contribution in [-0.4, -0.2) is 19.5 Å². The first-order valence-corrected chi connectivity index (χ1v) is 7.38. The number of aryl methyl sites for hydroxylation is 1. The minimum atomic E-state index is -0.448. The van der Waals surface area contributed by atoms with Gasteiger partial charge in [0.05, 0.1) is 0 Å². The second-order valence-corrected chi connectivity index (χ2v) is 5.62. The Labute approximate surface area is 128 Å². The van der Waals surface area contributed by atoms with Crippen LogP contribution in [0.25, 0.3) is 22.6 Å². The van der Waals surface area contributed by atoms with Crippen molar-refractivity contribution in [2.75, 3.05) is 0 Å². The minimum absolute atomic E-state index is 0.318. The Hall–Kier alpha value is -2.15. The fourth-order valence-electron chi connectivity index (χ4n) is 2.24. The second kappa shape index (κ2) is 5.33. The summed E-state index contributed by atoms with van der Waals surface area (Å²) in [5.74, 6) is 0.562. The Bertz CT molecular complexity index is 923.